The quantitative estimate of drug-likeness (QED) is 0.547. The van der Waals surface area contributed by atoms with Gasteiger partial charge in [-0.2, -0.15) is 0 Å². The summed E-state index contributed by atoms with van der Waals surface area (Å²) in [5, 5.41) is 0. The Kier molecular flexibility index (Phi) is 3.51. The van der Waals surface area contributed by atoms with Crippen LogP contribution in [0.2, 0.25) is 0 Å². The topological polar surface area (TPSA) is 17.1 Å². The molecule has 68 valence electrons. The van der Waals surface area contributed by atoms with Crippen LogP contribution in [0.3, 0.4) is 0 Å². The number of allylic oxidation sites excluding steroid dienone is 1. The highest BCUT2D eigenvalue weighted by Crippen LogP contribution is 2.24. The van der Waals surface area contributed by atoms with Crippen LogP contribution >= 0.6 is 0 Å². The minimum absolute atomic E-state index is 0.345. The number of Topliss-reactive ketones (excluding diaryl/α,β-unsaturated/α-hetero) is 1. The highest BCUT2D eigenvalue weighted by atomic mass is 16.1. The van der Waals surface area contributed by atoms with Gasteiger partial charge in [-0.1, -0.05) is 12.2 Å². The number of rotatable bonds is 1. The summed E-state index contributed by atoms with van der Waals surface area (Å²) >= 11 is 0. The van der Waals surface area contributed by atoms with Crippen molar-refractivity contribution in [2.24, 2.45) is 5.92 Å². The Morgan fingerprint density at radius 1 is 1.33 bits per heavy atom. The molecule has 0 unspecified atom stereocenters. The smallest absolute Gasteiger partial charge is 0.132 e. The van der Waals surface area contributed by atoms with Crippen LogP contribution in [0.15, 0.2) is 12.2 Å². The summed E-state index contributed by atoms with van der Waals surface area (Å²) in [7, 11) is 0. The first kappa shape index (κ1) is 9.50. The normalized spacial score (nSPS) is 21.6. The van der Waals surface area contributed by atoms with E-state index >= 15 is 0 Å². The summed E-state index contributed by atoms with van der Waals surface area (Å²) in [6, 6.07) is 0. The molecule has 0 radical (unpaired) electrons. The Hall–Kier alpha value is -0.590. The van der Waals surface area contributed by atoms with E-state index in [-0.39, 0.29) is 0 Å². The molecule has 0 aromatic rings. The third kappa shape index (κ3) is 2.80. The maximum atomic E-state index is 11.1. The fourth-order valence-corrected chi connectivity index (χ4v) is 1.87. The van der Waals surface area contributed by atoms with E-state index in [1.807, 2.05) is 0 Å². The first-order chi connectivity index (χ1) is 5.70. The van der Waals surface area contributed by atoms with Crippen molar-refractivity contribution in [1.29, 1.82) is 0 Å². The van der Waals surface area contributed by atoms with Crippen LogP contribution in [0.1, 0.15) is 45.4 Å². The average Bonchev–Trinajstić information content (AvgIpc) is 1.95. The van der Waals surface area contributed by atoms with Gasteiger partial charge in [-0.15, -0.1) is 0 Å². The van der Waals surface area contributed by atoms with Crippen molar-refractivity contribution in [2.75, 3.05) is 0 Å². The molecule has 1 fully saturated rings. The highest BCUT2D eigenvalue weighted by molar-refractivity contribution is 5.78. The van der Waals surface area contributed by atoms with Crippen molar-refractivity contribution >= 4 is 5.78 Å². The molecule has 0 bridgehead atoms. The van der Waals surface area contributed by atoms with Gasteiger partial charge < -0.3 is 0 Å². The molecule has 1 aliphatic rings. The van der Waals surface area contributed by atoms with Crippen molar-refractivity contribution in [2.45, 2.75) is 45.4 Å². The van der Waals surface area contributed by atoms with E-state index in [2.05, 4.69) is 6.58 Å². The van der Waals surface area contributed by atoms with Gasteiger partial charge in [0, 0.05) is 5.92 Å². The van der Waals surface area contributed by atoms with E-state index < -0.39 is 0 Å². The Labute approximate surface area is 74.9 Å². The second-order valence-electron chi connectivity index (χ2n) is 3.84. The lowest BCUT2D eigenvalue weighted by Crippen LogP contribution is -2.12. The molecular formula is C11H18O. The van der Waals surface area contributed by atoms with Gasteiger partial charge in [0.25, 0.3) is 0 Å². The molecule has 0 atom stereocenters. The molecule has 1 aliphatic carbocycles. The molecule has 0 N–H and O–H groups in total. The summed E-state index contributed by atoms with van der Waals surface area (Å²) in [6.07, 6.45) is 6.72. The molecule has 12 heavy (non-hydrogen) atoms. The van der Waals surface area contributed by atoms with Crippen LogP contribution in [-0.4, -0.2) is 5.78 Å². The maximum absolute atomic E-state index is 11.1. The largest absolute Gasteiger partial charge is 0.300 e. The van der Waals surface area contributed by atoms with Crippen LogP contribution in [0.4, 0.5) is 0 Å². The first-order valence-corrected chi connectivity index (χ1v) is 4.87. The molecule has 1 heteroatoms. The molecule has 1 saturated carbocycles. The summed E-state index contributed by atoms with van der Waals surface area (Å²) < 4.78 is 0. The van der Waals surface area contributed by atoms with Gasteiger partial charge in [0.1, 0.15) is 5.78 Å². The molecule has 0 saturated heterocycles. The molecular weight excluding hydrogens is 148 g/mol. The van der Waals surface area contributed by atoms with E-state index in [1.165, 1.54) is 5.57 Å². The van der Waals surface area contributed by atoms with Crippen LogP contribution in [0.25, 0.3) is 0 Å². The molecule has 1 nitrogen and oxygen atoms in total. The second kappa shape index (κ2) is 4.44. The third-order valence-corrected chi connectivity index (χ3v) is 2.74. The van der Waals surface area contributed by atoms with Crippen LogP contribution < -0.4 is 0 Å². The number of hydrogen-bond acceptors (Lipinski definition) is 1. The van der Waals surface area contributed by atoms with Gasteiger partial charge >= 0.3 is 0 Å². The minimum Gasteiger partial charge on any atom is -0.300 e. The lowest BCUT2D eigenvalue weighted by Gasteiger charge is -2.17. The molecule has 0 aliphatic heterocycles. The monoisotopic (exact) mass is 166 g/mol. The number of hydrogen-bond donors (Lipinski definition) is 0. The molecule has 1 rings (SSSR count). The van der Waals surface area contributed by atoms with Crippen molar-refractivity contribution in [1.82, 2.24) is 0 Å². The first-order valence-electron chi connectivity index (χ1n) is 4.87. The predicted octanol–water partition coefficient (Wildman–Crippen LogP) is 3.10. The Morgan fingerprint density at radius 3 is 2.25 bits per heavy atom. The molecule has 0 aromatic carbocycles. The van der Waals surface area contributed by atoms with Gasteiger partial charge in [-0.05, 0) is 45.4 Å². The number of carbonyl (C=O) groups is 1. The summed E-state index contributed by atoms with van der Waals surface area (Å²) in [5.41, 5.74) is 1.37. The zero-order chi connectivity index (χ0) is 8.97. The summed E-state index contributed by atoms with van der Waals surface area (Å²) in [5.74, 6) is 0.723. The lowest BCUT2D eigenvalue weighted by molar-refractivity contribution is -0.121. The van der Waals surface area contributed by atoms with Gasteiger partial charge in [-0.3, -0.25) is 4.79 Å². The van der Waals surface area contributed by atoms with Gasteiger partial charge in [0.05, 0.1) is 0 Å². The van der Waals surface area contributed by atoms with Crippen molar-refractivity contribution in [3.05, 3.63) is 12.2 Å². The fourth-order valence-electron chi connectivity index (χ4n) is 1.87. The maximum Gasteiger partial charge on any atom is 0.132 e. The molecule has 0 amide bonds. The zero-order valence-corrected chi connectivity index (χ0v) is 7.94. The Balaban J connectivity index is 2.40. The Bertz CT molecular complexity index is 169. The third-order valence-electron chi connectivity index (χ3n) is 2.74. The predicted molar refractivity (Wildman–Crippen MR) is 51.0 cm³/mol. The van der Waals surface area contributed by atoms with Crippen LogP contribution in [0.5, 0.6) is 0 Å². The van der Waals surface area contributed by atoms with Crippen LogP contribution in [-0.2, 0) is 4.79 Å². The second-order valence-corrected chi connectivity index (χ2v) is 3.84. The standard InChI is InChI=1S/C11H18O/c1-9-5-3-7-11(10(2)12)8-4-6-9/h11H,1,3-8H2,2H3. The summed E-state index contributed by atoms with van der Waals surface area (Å²) in [4.78, 5) is 11.1. The molecule has 0 aromatic heterocycles. The highest BCUT2D eigenvalue weighted by Gasteiger charge is 2.15. The SMILES string of the molecule is C=C1CCCC(C(C)=O)CCC1. The van der Waals surface area contributed by atoms with Crippen LogP contribution in [0, 0.1) is 5.92 Å². The number of carbonyl (C=O) groups excluding carboxylic acids is 1. The minimum atomic E-state index is 0.345. The fraction of sp³-hybridized carbons (Fsp3) is 0.727. The van der Waals surface area contributed by atoms with E-state index in [0.29, 0.717) is 11.7 Å². The van der Waals surface area contributed by atoms with Gasteiger partial charge in [0.2, 0.25) is 0 Å². The lowest BCUT2D eigenvalue weighted by atomic mass is 9.87. The number of ketones is 1. The van der Waals surface area contributed by atoms with Gasteiger partial charge in [-0.25, -0.2) is 0 Å². The van der Waals surface area contributed by atoms with Crippen molar-refractivity contribution < 1.29 is 4.79 Å². The van der Waals surface area contributed by atoms with Crippen molar-refractivity contribution in [3.8, 4) is 0 Å². The van der Waals surface area contributed by atoms with E-state index in [9.17, 15) is 4.79 Å². The van der Waals surface area contributed by atoms with E-state index in [1.54, 1.807) is 6.92 Å². The summed E-state index contributed by atoms with van der Waals surface area (Å²) in [6.45, 7) is 5.72. The molecule has 0 spiro atoms. The van der Waals surface area contributed by atoms with Gasteiger partial charge in [0.15, 0.2) is 0 Å². The average molecular weight is 166 g/mol. The van der Waals surface area contributed by atoms with E-state index in [0.717, 1.165) is 38.5 Å². The molecule has 0 heterocycles. The Morgan fingerprint density at radius 2 is 1.83 bits per heavy atom. The van der Waals surface area contributed by atoms with Crippen molar-refractivity contribution in [3.63, 3.8) is 0 Å². The van der Waals surface area contributed by atoms with E-state index in [4.69, 9.17) is 0 Å². The zero-order valence-electron chi connectivity index (χ0n) is 7.94.